The maximum absolute atomic E-state index is 2.74. The van der Waals surface area contributed by atoms with Crippen molar-refractivity contribution < 1.29 is 0 Å². The van der Waals surface area contributed by atoms with Gasteiger partial charge in [-0.05, 0) is 0 Å². The minimum absolute atomic E-state index is 0.415. The summed E-state index contributed by atoms with van der Waals surface area (Å²) < 4.78 is 4.60. The molecule has 0 bridgehead atoms. The third kappa shape index (κ3) is 6.04. The van der Waals surface area contributed by atoms with Gasteiger partial charge in [-0.15, -0.1) is 0 Å². The van der Waals surface area contributed by atoms with E-state index in [9.17, 15) is 0 Å². The summed E-state index contributed by atoms with van der Waals surface area (Å²) in [6.45, 7) is 7.16. The Morgan fingerprint density at radius 1 is 0.857 bits per heavy atom. The molecule has 2 heteroatoms. The fourth-order valence-corrected chi connectivity index (χ4v) is 29.9. The van der Waals surface area contributed by atoms with Crippen LogP contribution in [0.1, 0.15) is 20.8 Å². The van der Waals surface area contributed by atoms with Crippen molar-refractivity contribution in [3.05, 3.63) is 7.68 Å². The Bertz CT molecular complexity index is 202. The van der Waals surface area contributed by atoms with Gasteiger partial charge >= 0.3 is 100 Å². The van der Waals surface area contributed by atoms with E-state index in [-0.39, 0.29) is 0 Å². The van der Waals surface area contributed by atoms with Crippen LogP contribution in [-0.2, 0) is 0 Å². The quantitative estimate of drug-likeness (QED) is 0.579. The van der Waals surface area contributed by atoms with Crippen LogP contribution in [0, 0.1) is 5.41 Å². The van der Waals surface area contributed by atoms with Crippen LogP contribution >= 0.6 is 0 Å². The van der Waals surface area contributed by atoms with Crippen LogP contribution < -0.4 is 0 Å². The summed E-state index contributed by atoms with van der Waals surface area (Å²) in [4.78, 5) is 15.2. The first-order valence-electron chi connectivity index (χ1n) is 5.58. The Balaban J connectivity index is 5.26. The summed E-state index contributed by atoms with van der Waals surface area (Å²) in [7, 11) is 0. The van der Waals surface area contributed by atoms with E-state index >= 15 is 0 Å². The van der Waals surface area contributed by atoms with Crippen LogP contribution in [0.3, 0.4) is 0 Å². The van der Waals surface area contributed by atoms with Gasteiger partial charge in [0.15, 0.2) is 0 Å². The van der Waals surface area contributed by atoms with Gasteiger partial charge in [-0.3, -0.25) is 0 Å². The minimum atomic E-state index is -1.86. The molecule has 0 atom stereocenters. The second-order valence-electron chi connectivity index (χ2n) is 7.42. The molecule has 0 aromatic heterocycles. The molecule has 0 aromatic carbocycles. The van der Waals surface area contributed by atoms with Crippen LogP contribution in [0.15, 0.2) is 7.68 Å². The molecule has 0 amide bonds. The molecule has 14 heavy (non-hydrogen) atoms. The first-order valence-corrected chi connectivity index (χ1v) is 25.8. The summed E-state index contributed by atoms with van der Waals surface area (Å²) in [6.07, 6.45) is 0. The van der Waals surface area contributed by atoms with E-state index in [4.69, 9.17) is 0 Å². The van der Waals surface area contributed by atoms with E-state index in [2.05, 4.69) is 54.5 Å². The molecule has 0 N–H and O–H groups in total. The molecule has 0 nitrogen and oxygen atoms in total. The zero-order chi connectivity index (χ0) is 11.8. The maximum atomic E-state index is 2.74. The molecule has 0 heterocycles. The Morgan fingerprint density at radius 2 is 1.21 bits per heavy atom. The molecule has 0 rings (SSSR count). The van der Waals surface area contributed by atoms with Crippen molar-refractivity contribution in [3.8, 4) is 0 Å². The average molecular weight is 410 g/mol. The molecule has 0 aliphatic carbocycles. The van der Waals surface area contributed by atoms with Crippen LogP contribution in [-0.4, -0.2) is 36.8 Å². The summed E-state index contributed by atoms with van der Waals surface area (Å²) in [5.41, 5.74) is 0.415. The van der Waals surface area contributed by atoms with E-state index in [1.54, 1.807) is 0 Å². The molecule has 0 radical (unpaired) electrons. The molecular weight excluding hydrogens is 382 g/mol. The fraction of sp³-hybridized carbons (Fsp3) is 0.833. The van der Waals surface area contributed by atoms with Crippen LogP contribution in [0.25, 0.3) is 0 Å². The van der Waals surface area contributed by atoms with Gasteiger partial charge < -0.3 is 0 Å². The molecular formula is C12H28Sn2. The van der Waals surface area contributed by atoms with E-state index in [0.29, 0.717) is 5.41 Å². The zero-order valence-electron chi connectivity index (χ0n) is 11.6. The molecule has 0 saturated heterocycles. The van der Waals surface area contributed by atoms with Gasteiger partial charge in [0, 0.05) is 0 Å². The molecule has 0 aliphatic rings. The predicted octanol–water partition coefficient (Wildman–Crippen LogP) is 4.71. The Labute approximate surface area is 99.3 Å². The second-order valence-corrected chi connectivity index (χ2v) is 36.1. The summed E-state index contributed by atoms with van der Waals surface area (Å²) in [6, 6.07) is 0. The monoisotopic (exact) mass is 412 g/mol. The Morgan fingerprint density at radius 3 is 1.29 bits per heavy atom. The molecule has 0 aromatic rings. The number of rotatable bonds is 2. The third-order valence-corrected chi connectivity index (χ3v) is 15.0. The number of hydrogen-bond donors (Lipinski definition) is 0. The van der Waals surface area contributed by atoms with Crippen molar-refractivity contribution in [2.45, 2.75) is 50.4 Å². The van der Waals surface area contributed by atoms with Gasteiger partial charge in [0.05, 0.1) is 0 Å². The van der Waals surface area contributed by atoms with Gasteiger partial charge in [0.1, 0.15) is 0 Å². The van der Waals surface area contributed by atoms with E-state index in [1.165, 1.54) is 0 Å². The Kier molecular flexibility index (Phi) is 5.13. The molecule has 0 saturated carbocycles. The van der Waals surface area contributed by atoms with Crippen LogP contribution in [0.4, 0.5) is 0 Å². The molecule has 84 valence electrons. The number of hydrogen-bond acceptors (Lipinski definition) is 0. The molecule has 0 unspecified atom stereocenters. The molecule has 0 aliphatic heterocycles. The fourth-order valence-electron chi connectivity index (χ4n) is 1.99. The van der Waals surface area contributed by atoms with E-state index < -0.39 is 36.8 Å². The SMILES string of the molecule is CC(C)(C)/[C](=[CH]/[Sn]([CH3])([CH3])[CH3])[Sn]([CH3])([CH3])[CH3]. The normalized spacial score (nSPS) is 15.9. The summed E-state index contributed by atoms with van der Waals surface area (Å²) in [5, 5.41) is 0. The summed E-state index contributed by atoms with van der Waals surface area (Å²) >= 11 is -3.61. The Hall–Kier alpha value is 1.34. The zero-order valence-corrected chi connectivity index (χ0v) is 17.3. The first kappa shape index (κ1) is 15.3. The third-order valence-electron chi connectivity index (χ3n) is 2.19. The first-order chi connectivity index (χ1) is 5.84. The van der Waals surface area contributed by atoms with Crippen molar-refractivity contribution in [1.29, 1.82) is 0 Å². The second kappa shape index (κ2) is 4.68. The number of allylic oxidation sites excluding steroid dienone is 1. The van der Waals surface area contributed by atoms with Gasteiger partial charge in [0.2, 0.25) is 0 Å². The van der Waals surface area contributed by atoms with Crippen molar-refractivity contribution >= 4 is 36.8 Å². The van der Waals surface area contributed by atoms with Gasteiger partial charge in [0.25, 0.3) is 0 Å². The van der Waals surface area contributed by atoms with Crippen LogP contribution in [0.2, 0.25) is 29.6 Å². The van der Waals surface area contributed by atoms with Crippen molar-refractivity contribution in [3.63, 3.8) is 0 Å². The van der Waals surface area contributed by atoms with Gasteiger partial charge in [-0.2, -0.15) is 0 Å². The van der Waals surface area contributed by atoms with Gasteiger partial charge in [-0.25, -0.2) is 0 Å². The van der Waals surface area contributed by atoms with E-state index in [0.717, 1.165) is 0 Å². The predicted molar refractivity (Wildman–Crippen MR) is 74.2 cm³/mol. The van der Waals surface area contributed by atoms with Crippen LogP contribution in [0.5, 0.6) is 0 Å². The summed E-state index contributed by atoms with van der Waals surface area (Å²) in [5.74, 6) is 0. The van der Waals surface area contributed by atoms with Crippen molar-refractivity contribution in [1.82, 2.24) is 0 Å². The van der Waals surface area contributed by atoms with Crippen molar-refractivity contribution in [2.75, 3.05) is 0 Å². The van der Waals surface area contributed by atoms with Gasteiger partial charge in [-0.1, -0.05) is 0 Å². The molecule has 0 spiro atoms. The topological polar surface area (TPSA) is 0 Å². The standard InChI is InChI=1S/C6H10.6CH3.2Sn/c1-5-6(2,3)4;;;;;;;;/h1H,2-4H3;6*1H3;;. The average Bonchev–Trinajstić information content (AvgIpc) is 1.75. The molecule has 0 fully saturated rings. The van der Waals surface area contributed by atoms with Crippen molar-refractivity contribution in [2.24, 2.45) is 5.41 Å². The van der Waals surface area contributed by atoms with E-state index in [1.807, 2.05) is 3.59 Å².